The first-order valence-electron chi connectivity index (χ1n) is 5.41. The van der Waals surface area contributed by atoms with E-state index in [1.807, 2.05) is 12.1 Å². The highest BCUT2D eigenvalue weighted by Crippen LogP contribution is 2.53. The van der Waals surface area contributed by atoms with Crippen molar-refractivity contribution in [3.8, 4) is 5.75 Å². The van der Waals surface area contributed by atoms with Gasteiger partial charge in [-0.25, -0.2) is 0 Å². The third-order valence-corrected chi connectivity index (χ3v) is 4.07. The average Bonchev–Trinajstić information content (AvgIpc) is 2.85. The zero-order valence-corrected chi connectivity index (χ0v) is 10.1. The fraction of sp³-hybridized carbons (Fsp3) is 0.538. The van der Waals surface area contributed by atoms with Crippen LogP contribution in [0.5, 0.6) is 5.75 Å². The van der Waals surface area contributed by atoms with E-state index < -0.39 is 0 Å². The molecule has 0 aliphatic heterocycles. The number of hydrogen-bond acceptors (Lipinski definition) is 1. The third kappa shape index (κ3) is 2.46. The first-order chi connectivity index (χ1) is 7.14. The van der Waals surface area contributed by atoms with Crippen molar-refractivity contribution in [2.24, 2.45) is 5.41 Å². The van der Waals surface area contributed by atoms with Crippen LogP contribution in [0.1, 0.15) is 25.3 Å². The van der Waals surface area contributed by atoms with Gasteiger partial charge in [-0.15, -0.1) is 11.6 Å². The fourth-order valence-electron chi connectivity index (χ4n) is 1.83. The monoisotopic (exact) mass is 224 g/mol. The Labute approximate surface area is 96.4 Å². The van der Waals surface area contributed by atoms with Crippen LogP contribution in [-0.4, -0.2) is 12.5 Å². The number of alkyl halides is 1. The molecule has 0 amide bonds. The number of rotatable bonds is 4. The molecule has 0 N–H and O–H groups in total. The van der Waals surface area contributed by atoms with Crippen LogP contribution in [0.3, 0.4) is 0 Å². The van der Waals surface area contributed by atoms with Crippen molar-refractivity contribution < 1.29 is 4.74 Å². The number of aryl methyl sites for hydroxylation is 1. The molecule has 1 aromatic carbocycles. The molecular formula is C13H17ClO. The second-order valence-electron chi connectivity index (χ2n) is 4.67. The highest BCUT2D eigenvalue weighted by atomic mass is 35.5. The largest absolute Gasteiger partial charge is 0.497 e. The lowest BCUT2D eigenvalue weighted by atomic mass is 9.99. The minimum absolute atomic E-state index is 0.390. The predicted molar refractivity (Wildman–Crippen MR) is 63.7 cm³/mol. The molecule has 1 aromatic rings. The maximum atomic E-state index is 6.09. The van der Waals surface area contributed by atoms with Gasteiger partial charge in [-0.3, -0.25) is 0 Å². The molecule has 1 nitrogen and oxygen atoms in total. The van der Waals surface area contributed by atoms with E-state index in [0.29, 0.717) is 10.8 Å². The molecule has 2 atom stereocenters. The molecule has 15 heavy (non-hydrogen) atoms. The van der Waals surface area contributed by atoms with Crippen LogP contribution in [0.15, 0.2) is 24.3 Å². The second kappa shape index (κ2) is 4.05. The van der Waals surface area contributed by atoms with Gasteiger partial charge in [0.25, 0.3) is 0 Å². The smallest absolute Gasteiger partial charge is 0.118 e. The molecule has 0 saturated heterocycles. The molecule has 0 radical (unpaired) electrons. The van der Waals surface area contributed by atoms with Gasteiger partial charge in [0.1, 0.15) is 5.75 Å². The van der Waals surface area contributed by atoms with Crippen LogP contribution in [0.2, 0.25) is 0 Å². The summed E-state index contributed by atoms with van der Waals surface area (Å²) in [7, 11) is 1.69. The summed E-state index contributed by atoms with van der Waals surface area (Å²) in [6, 6.07) is 8.30. The molecule has 0 spiro atoms. The maximum Gasteiger partial charge on any atom is 0.118 e. The number of methoxy groups -OCH3 is 1. The normalized spacial score (nSPS) is 28.9. The molecule has 1 aliphatic carbocycles. The van der Waals surface area contributed by atoms with Crippen molar-refractivity contribution in [3.05, 3.63) is 29.8 Å². The lowest BCUT2D eigenvalue weighted by Crippen LogP contribution is -2.00. The van der Waals surface area contributed by atoms with Crippen molar-refractivity contribution in [2.45, 2.75) is 31.6 Å². The van der Waals surface area contributed by atoms with Crippen molar-refractivity contribution in [3.63, 3.8) is 0 Å². The van der Waals surface area contributed by atoms with Gasteiger partial charge in [0.2, 0.25) is 0 Å². The molecule has 1 fully saturated rings. The summed E-state index contributed by atoms with van der Waals surface area (Å²) in [6.45, 7) is 2.27. The maximum absolute atomic E-state index is 6.09. The summed E-state index contributed by atoms with van der Waals surface area (Å²) in [4.78, 5) is 0. The van der Waals surface area contributed by atoms with Crippen LogP contribution in [0, 0.1) is 5.41 Å². The van der Waals surface area contributed by atoms with E-state index >= 15 is 0 Å². The number of ether oxygens (including phenoxy) is 1. The van der Waals surface area contributed by atoms with Crippen molar-refractivity contribution in [1.82, 2.24) is 0 Å². The van der Waals surface area contributed by atoms with E-state index in [1.54, 1.807) is 7.11 Å². The van der Waals surface area contributed by atoms with Gasteiger partial charge in [0.05, 0.1) is 7.11 Å². The first kappa shape index (κ1) is 10.8. The van der Waals surface area contributed by atoms with Gasteiger partial charge >= 0.3 is 0 Å². The van der Waals surface area contributed by atoms with Crippen LogP contribution < -0.4 is 4.74 Å². The van der Waals surface area contributed by atoms with Gasteiger partial charge in [-0.2, -0.15) is 0 Å². The zero-order chi connectivity index (χ0) is 10.9. The average molecular weight is 225 g/mol. The Morgan fingerprint density at radius 1 is 1.40 bits per heavy atom. The van der Waals surface area contributed by atoms with E-state index in [4.69, 9.17) is 16.3 Å². The Balaban J connectivity index is 1.88. The molecule has 2 rings (SSSR count). The molecule has 0 unspecified atom stereocenters. The van der Waals surface area contributed by atoms with Gasteiger partial charge in [-0.1, -0.05) is 19.1 Å². The van der Waals surface area contributed by atoms with Crippen molar-refractivity contribution in [2.75, 3.05) is 7.11 Å². The van der Waals surface area contributed by atoms with Crippen LogP contribution in [0.25, 0.3) is 0 Å². The van der Waals surface area contributed by atoms with E-state index in [9.17, 15) is 0 Å². The number of benzene rings is 1. The van der Waals surface area contributed by atoms with E-state index in [-0.39, 0.29) is 0 Å². The molecule has 1 aliphatic rings. The minimum atomic E-state index is 0.390. The Bertz CT molecular complexity index is 333. The molecule has 2 heteroatoms. The summed E-state index contributed by atoms with van der Waals surface area (Å²) < 4.78 is 5.12. The fourth-order valence-corrected chi connectivity index (χ4v) is 2.29. The van der Waals surface area contributed by atoms with Gasteiger partial charge in [0, 0.05) is 5.38 Å². The van der Waals surface area contributed by atoms with Crippen LogP contribution in [-0.2, 0) is 6.42 Å². The highest BCUT2D eigenvalue weighted by molar-refractivity contribution is 6.23. The highest BCUT2D eigenvalue weighted by Gasteiger charge is 2.47. The topological polar surface area (TPSA) is 9.23 Å². The Hall–Kier alpha value is -0.690. The summed E-state index contributed by atoms with van der Waals surface area (Å²) in [5.41, 5.74) is 1.76. The zero-order valence-electron chi connectivity index (χ0n) is 9.29. The Morgan fingerprint density at radius 3 is 2.47 bits per heavy atom. The summed E-state index contributed by atoms with van der Waals surface area (Å²) in [5, 5.41) is 0.399. The second-order valence-corrected chi connectivity index (χ2v) is 5.20. The molecule has 0 aromatic heterocycles. The van der Waals surface area contributed by atoms with E-state index in [0.717, 1.165) is 12.2 Å². The quantitative estimate of drug-likeness (QED) is 0.710. The molecule has 0 bridgehead atoms. The number of hydrogen-bond donors (Lipinski definition) is 0. The molecular weight excluding hydrogens is 208 g/mol. The van der Waals surface area contributed by atoms with Gasteiger partial charge in [-0.05, 0) is 42.4 Å². The minimum Gasteiger partial charge on any atom is -0.497 e. The van der Waals surface area contributed by atoms with Crippen molar-refractivity contribution >= 4 is 11.6 Å². The summed E-state index contributed by atoms with van der Waals surface area (Å²) >= 11 is 6.09. The number of halogens is 1. The SMILES string of the molecule is COc1ccc(CC[C@]2(C)C[C@H]2Cl)cc1. The van der Waals surface area contributed by atoms with Gasteiger partial charge in [0.15, 0.2) is 0 Å². The predicted octanol–water partition coefficient (Wildman–Crippen LogP) is 3.65. The van der Waals surface area contributed by atoms with Crippen LogP contribution >= 0.6 is 11.6 Å². The standard InChI is InChI=1S/C13H17ClO/c1-13(9-12(13)14)8-7-10-3-5-11(15-2)6-4-10/h3-6,12H,7-9H2,1-2H3/t12-,13-/m1/s1. The van der Waals surface area contributed by atoms with Crippen molar-refractivity contribution in [1.29, 1.82) is 0 Å². The van der Waals surface area contributed by atoms with Gasteiger partial charge < -0.3 is 4.74 Å². The first-order valence-corrected chi connectivity index (χ1v) is 5.85. The Kier molecular flexibility index (Phi) is 2.92. The van der Waals surface area contributed by atoms with E-state index in [1.165, 1.54) is 18.4 Å². The molecule has 82 valence electrons. The molecule has 0 heterocycles. The summed E-state index contributed by atoms with van der Waals surface area (Å²) in [5.74, 6) is 0.923. The Morgan fingerprint density at radius 2 is 2.00 bits per heavy atom. The van der Waals surface area contributed by atoms with E-state index in [2.05, 4.69) is 19.1 Å². The third-order valence-electron chi connectivity index (χ3n) is 3.39. The lowest BCUT2D eigenvalue weighted by molar-refractivity contribution is 0.414. The summed E-state index contributed by atoms with van der Waals surface area (Å²) in [6.07, 6.45) is 3.47. The van der Waals surface area contributed by atoms with Crippen LogP contribution in [0.4, 0.5) is 0 Å². The lowest BCUT2D eigenvalue weighted by Gasteiger charge is -2.08. The molecule has 1 saturated carbocycles.